The second-order valence-electron chi connectivity index (χ2n) is 11.5. The Balaban J connectivity index is 0. The molecule has 2 N–H and O–H groups in total. The van der Waals surface area contributed by atoms with Crippen molar-refractivity contribution in [2.24, 2.45) is 0 Å². The highest BCUT2D eigenvalue weighted by Gasteiger charge is 1.97. The van der Waals surface area contributed by atoms with Crippen LogP contribution >= 0.6 is 0 Å². The largest absolute Gasteiger partial charge is 0.481 e. The average molecular weight is 589 g/mol. The van der Waals surface area contributed by atoms with Crippen LogP contribution < -0.4 is 0 Å². The minimum Gasteiger partial charge on any atom is -0.481 e. The molecule has 244 valence electrons. The molecule has 0 aliphatic rings. The van der Waals surface area contributed by atoms with Crippen molar-refractivity contribution < 1.29 is 19.8 Å². The Bertz CT molecular complexity index is 675. The first kappa shape index (κ1) is 42.0. The van der Waals surface area contributed by atoms with Gasteiger partial charge in [0.15, 0.2) is 0 Å². The van der Waals surface area contributed by atoms with Crippen LogP contribution in [0.25, 0.3) is 0 Å². The van der Waals surface area contributed by atoms with E-state index in [2.05, 4.69) is 62.5 Å². The third kappa shape index (κ3) is 44.9. The van der Waals surface area contributed by atoms with Gasteiger partial charge >= 0.3 is 11.9 Å². The summed E-state index contributed by atoms with van der Waals surface area (Å²) in [7, 11) is 0. The molecule has 0 aromatic rings. The van der Waals surface area contributed by atoms with E-state index in [4.69, 9.17) is 10.2 Å². The fraction of sp³-hybridized carbons (Fsp3) is 0.737. The summed E-state index contributed by atoms with van der Waals surface area (Å²) in [6.45, 7) is 4.49. The molecule has 0 unspecified atom stereocenters. The highest BCUT2D eigenvalue weighted by atomic mass is 16.4. The van der Waals surface area contributed by atoms with E-state index in [0.29, 0.717) is 12.8 Å². The van der Waals surface area contributed by atoms with E-state index < -0.39 is 11.9 Å². The molecule has 0 saturated carbocycles. The maximum Gasteiger partial charge on any atom is 0.303 e. The molecule has 0 heterocycles. The zero-order chi connectivity index (χ0) is 31.2. The van der Waals surface area contributed by atoms with Crippen LogP contribution in [0.4, 0.5) is 0 Å². The molecule has 4 heteroatoms. The van der Waals surface area contributed by atoms with Crippen molar-refractivity contribution in [2.75, 3.05) is 0 Å². The Morgan fingerprint density at radius 1 is 0.381 bits per heavy atom. The van der Waals surface area contributed by atoms with Gasteiger partial charge in [-0.15, -0.1) is 0 Å². The van der Waals surface area contributed by atoms with Crippen LogP contribution in [0.5, 0.6) is 0 Å². The molecule has 0 spiro atoms. The first-order valence-electron chi connectivity index (χ1n) is 17.6. The van der Waals surface area contributed by atoms with Gasteiger partial charge in [0.25, 0.3) is 0 Å². The van der Waals surface area contributed by atoms with Gasteiger partial charge in [0.05, 0.1) is 0 Å². The van der Waals surface area contributed by atoms with Crippen molar-refractivity contribution in [3.8, 4) is 0 Å². The van der Waals surface area contributed by atoms with Crippen LogP contribution in [-0.4, -0.2) is 22.2 Å². The summed E-state index contributed by atoms with van der Waals surface area (Å²) in [4.78, 5) is 20.7. The number of unbranched alkanes of at least 4 members (excludes halogenated alkanes) is 20. The van der Waals surface area contributed by atoms with Gasteiger partial charge in [0.1, 0.15) is 0 Å². The number of hydrogen-bond acceptors (Lipinski definition) is 2. The zero-order valence-corrected chi connectivity index (χ0v) is 27.7. The second-order valence-corrected chi connectivity index (χ2v) is 11.5. The summed E-state index contributed by atoms with van der Waals surface area (Å²) in [6.07, 6.45) is 47.5. The number of carboxylic acid groups (broad SMARTS) is 2. The molecule has 0 rings (SSSR count). The van der Waals surface area contributed by atoms with Crippen molar-refractivity contribution in [3.05, 3.63) is 48.6 Å². The Hall–Kier alpha value is -2.10. The van der Waals surface area contributed by atoms with Crippen molar-refractivity contribution in [2.45, 2.75) is 181 Å². The topological polar surface area (TPSA) is 74.6 Å². The summed E-state index contributed by atoms with van der Waals surface area (Å²) >= 11 is 0. The minimum atomic E-state index is -0.672. The van der Waals surface area contributed by atoms with E-state index in [1.54, 1.807) is 0 Å². The van der Waals surface area contributed by atoms with Crippen LogP contribution in [0, 0.1) is 0 Å². The van der Waals surface area contributed by atoms with Crippen LogP contribution in [0.2, 0.25) is 0 Å². The Morgan fingerprint density at radius 2 is 0.619 bits per heavy atom. The fourth-order valence-electron chi connectivity index (χ4n) is 4.57. The van der Waals surface area contributed by atoms with E-state index in [-0.39, 0.29) is 0 Å². The SMILES string of the molecule is CCCCCC/C=C/C=C\CCCCCCCC(=O)O.CCCCCC/C=C/C=C\CCCCCCCCCC(=O)O. The van der Waals surface area contributed by atoms with Gasteiger partial charge in [-0.3, -0.25) is 9.59 Å². The quantitative estimate of drug-likeness (QED) is 0.0646. The van der Waals surface area contributed by atoms with Crippen LogP contribution in [-0.2, 0) is 9.59 Å². The summed E-state index contributed by atoms with van der Waals surface area (Å²) in [5, 5.41) is 17.0. The normalized spacial score (nSPS) is 11.7. The number of allylic oxidation sites excluding steroid dienone is 8. The molecule has 0 radical (unpaired) electrons. The van der Waals surface area contributed by atoms with Crippen LogP contribution in [0.15, 0.2) is 48.6 Å². The highest BCUT2D eigenvalue weighted by Crippen LogP contribution is 2.10. The maximum absolute atomic E-state index is 10.3. The number of carbonyl (C=O) groups is 2. The van der Waals surface area contributed by atoms with Gasteiger partial charge < -0.3 is 10.2 Å². The van der Waals surface area contributed by atoms with Crippen molar-refractivity contribution in [3.63, 3.8) is 0 Å². The lowest BCUT2D eigenvalue weighted by Crippen LogP contribution is -1.93. The summed E-state index contributed by atoms with van der Waals surface area (Å²) < 4.78 is 0. The van der Waals surface area contributed by atoms with Gasteiger partial charge in [0.2, 0.25) is 0 Å². The molecule has 0 amide bonds. The predicted octanol–water partition coefficient (Wildman–Crippen LogP) is 12.5. The molecule has 0 bridgehead atoms. The number of carboxylic acids is 2. The second kappa shape index (κ2) is 38.9. The average Bonchev–Trinajstić information content (AvgIpc) is 2.97. The Labute approximate surface area is 260 Å². The number of aliphatic carboxylic acids is 2. The van der Waals surface area contributed by atoms with E-state index in [0.717, 1.165) is 38.5 Å². The summed E-state index contributed by atoms with van der Waals surface area (Å²) in [6, 6.07) is 0. The molecule has 0 saturated heterocycles. The van der Waals surface area contributed by atoms with E-state index in [9.17, 15) is 9.59 Å². The predicted molar refractivity (Wildman–Crippen MR) is 183 cm³/mol. The van der Waals surface area contributed by atoms with Crippen molar-refractivity contribution in [1.29, 1.82) is 0 Å². The molecule has 0 aromatic heterocycles. The minimum absolute atomic E-state index is 0.322. The number of hydrogen-bond donors (Lipinski definition) is 2. The molecule has 4 nitrogen and oxygen atoms in total. The zero-order valence-electron chi connectivity index (χ0n) is 27.7. The Kier molecular flexibility index (Phi) is 38.9. The molecule has 0 atom stereocenters. The molecule has 0 aliphatic carbocycles. The van der Waals surface area contributed by atoms with Gasteiger partial charge in [-0.1, -0.05) is 152 Å². The van der Waals surface area contributed by atoms with E-state index >= 15 is 0 Å². The number of rotatable bonds is 30. The third-order valence-electron chi connectivity index (χ3n) is 7.24. The third-order valence-corrected chi connectivity index (χ3v) is 7.24. The molecule has 0 fully saturated rings. The van der Waals surface area contributed by atoms with Crippen molar-refractivity contribution >= 4 is 11.9 Å². The van der Waals surface area contributed by atoms with Gasteiger partial charge in [0, 0.05) is 12.8 Å². The maximum atomic E-state index is 10.3. The van der Waals surface area contributed by atoms with Crippen molar-refractivity contribution in [1.82, 2.24) is 0 Å². The highest BCUT2D eigenvalue weighted by molar-refractivity contribution is 5.66. The lowest BCUT2D eigenvalue weighted by Gasteiger charge is -2.00. The Morgan fingerprint density at radius 3 is 0.881 bits per heavy atom. The monoisotopic (exact) mass is 589 g/mol. The smallest absolute Gasteiger partial charge is 0.303 e. The lowest BCUT2D eigenvalue weighted by molar-refractivity contribution is -0.138. The molecule has 0 aliphatic heterocycles. The van der Waals surface area contributed by atoms with Gasteiger partial charge in [-0.2, -0.15) is 0 Å². The fourth-order valence-corrected chi connectivity index (χ4v) is 4.57. The molecular formula is C38H68O4. The van der Waals surface area contributed by atoms with Gasteiger partial charge in [-0.25, -0.2) is 0 Å². The van der Waals surface area contributed by atoms with Crippen LogP contribution in [0.3, 0.4) is 0 Å². The van der Waals surface area contributed by atoms with Gasteiger partial charge in [-0.05, 0) is 64.2 Å². The molecule has 0 aromatic carbocycles. The van der Waals surface area contributed by atoms with E-state index in [1.807, 2.05) is 0 Å². The molecular weight excluding hydrogens is 520 g/mol. The summed E-state index contributed by atoms with van der Waals surface area (Å²) in [5.74, 6) is -1.34. The molecule has 42 heavy (non-hydrogen) atoms. The summed E-state index contributed by atoms with van der Waals surface area (Å²) in [5.41, 5.74) is 0. The lowest BCUT2D eigenvalue weighted by atomic mass is 10.1. The van der Waals surface area contributed by atoms with E-state index in [1.165, 1.54) is 116 Å². The first-order valence-corrected chi connectivity index (χ1v) is 17.6. The van der Waals surface area contributed by atoms with Crippen LogP contribution in [0.1, 0.15) is 181 Å². The first-order chi connectivity index (χ1) is 20.5. The standard InChI is InChI=1S/C20H36O2.C18H32O2/c1-2-3-4-5-6-7-8-9-10-11-12-13-14-15-16-17-18-19-20(21)22;1-2-3-4-5-6-7-8-9-10-11-12-13-14-15-16-17-18(19)20/h7-10H,2-6,11-19H2,1H3,(H,21,22);7-10H,2-6,11-17H2,1H3,(H,19,20)/b2*8-7+,10-9-.